The number of hydrogen-bond donors (Lipinski definition) is 1. The van der Waals surface area contributed by atoms with Crippen LogP contribution >= 0.6 is 0 Å². The molecule has 0 fully saturated rings. The normalized spacial score (nSPS) is 10.3. The van der Waals surface area contributed by atoms with Gasteiger partial charge in [-0.15, -0.1) is 0 Å². The third-order valence-electron chi connectivity index (χ3n) is 2.48. The van der Waals surface area contributed by atoms with Gasteiger partial charge >= 0.3 is 5.97 Å². The van der Waals surface area contributed by atoms with Gasteiger partial charge in [-0.05, 0) is 6.92 Å². The summed E-state index contributed by atoms with van der Waals surface area (Å²) in [7, 11) is 0. The Balaban J connectivity index is 2.70. The van der Waals surface area contributed by atoms with Crippen LogP contribution in [0, 0.1) is 0 Å². The molecule has 0 bridgehead atoms. The van der Waals surface area contributed by atoms with Gasteiger partial charge in [-0.1, -0.05) is 24.3 Å². The molecule has 0 saturated carbocycles. The molecule has 4 heteroatoms. The first-order valence-electron chi connectivity index (χ1n) is 5.69. The molecule has 94 valence electrons. The molecular weight excluding hydrogens is 232 g/mol. The molecule has 0 amide bonds. The lowest BCUT2D eigenvalue weighted by Gasteiger charge is -2.13. The van der Waals surface area contributed by atoms with E-state index in [9.17, 15) is 9.90 Å². The highest BCUT2D eigenvalue weighted by Gasteiger charge is 2.15. The third-order valence-corrected chi connectivity index (χ3v) is 2.48. The number of benzene rings is 2. The quantitative estimate of drug-likeness (QED) is 0.668. The zero-order valence-corrected chi connectivity index (χ0v) is 10.3. The number of fused-ring (bicyclic) bond motifs is 1. The van der Waals surface area contributed by atoms with E-state index >= 15 is 0 Å². The van der Waals surface area contributed by atoms with Crippen molar-refractivity contribution in [3.05, 3.63) is 30.3 Å². The van der Waals surface area contributed by atoms with Gasteiger partial charge in [0.25, 0.3) is 0 Å². The summed E-state index contributed by atoms with van der Waals surface area (Å²) in [6.45, 7) is 3.58. The summed E-state index contributed by atoms with van der Waals surface area (Å²) in [4.78, 5) is 11.2. The zero-order chi connectivity index (χ0) is 13.1. The van der Waals surface area contributed by atoms with Crippen molar-refractivity contribution in [2.24, 2.45) is 0 Å². The van der Waals surface area contributed by atoms with Crippen LogP contribution in [0.4, 0.5) is 0 Å². The summed E-state index contributed by atoms with van der Waals surface area (Å²) in [5, 5.41) is 11.2. The standard InChI is InChI=1S/C14H14O4/c1-3-17-13-8-12(16)10-6-4-5-7-11(10)14(13)18-9(2)15/h4-8,16H,3H2,1-2H3. The van der Waals surface area contributed by atoms with Gasteiger partial charge < -0.3 is 14.6 Å². The molecule has 2 aromatic rings. The first kappa shape index (κ1) is 12.2. The van der Waals surface area contributed by atoms with Crippen molar-refractivity contribution < 1.29 is 19.4 Å². The molecule has 0 heterocycles. The van der Waals surface area contributed by atoms with Crippen LogP contribution in [-0.2, 0) is 4.79 Å². The molecule has 0 aliphatic carbocycles. The lowest BCUT2D eigenvalue weighted by Crippen LogP contribution is -2.04. The second-order valence-electron chi connectivity index (χ2n) is 3.80. The SMILES string of the molecule is CCOc1cc(O)c2ccccc2c1OC(C)=O. The van der Waals surface area contributed by atoms with E-state index in [4.69, 9.17) is 9.47 Å². The Morgan fingerprint density at radius 3 is 2.56 bits per heavy atom. The number of rotatable bonds is 3. The number of carbonyl (C=O) groups excluding carboxylic acids is 1. The second-order valence-corrected chi connectivity index (χ2v) is 3.80. The highest BCUT2D eigenvalue weighted by atomic mass is 16.6. The Morgan fingerprint density at radius 2 is 1.94 bits per heavy atom. The van der Waals surface area contributed by atoms with Crippen LogP contribution in [-0.4, -0.2) is 17.7 Å². The Kier molecular flexibility index (Phi) is 3.37. The lowest BCUT2D eigenvalue weighted by atomic mass is 10.1. The molecule has 0 atom stereocenters. The van der Waals surface area contributed by atoms with Crippen molar-refractivity contribution in [3.8, 4) is 17.2 Å². The van der Waals surface area contributed by atoms with Crippen molar-refractivity contribution in [2.75, 3.05) is 6.61 Å². The summed E-state index contributed by atoms with van der Waals surface area (Å²) in [6, 6.07) is 8.61. The van der Waals surface area contributed by atoms with E-state index in [1.54, 1.807) is 18.2 Å². The van der Waals surface area contributed by atoms with Crippen molar-refractivity contribution in [3.63, 3.8) is 0 Å². The summed E-state index contributed by atoms with van der Waals surface area (Å²) in [5.41, 5.74) is 0. The van der Waals surface area contributed by atoms with Crippen LogP contribution < -0.4 is 9.47 Å². The molecular formula is C14H14O4. The molecule has 0 saturated heterocycles. The maximum atomic E-state index is 11.2. The topological polar surface area (TPSA) is 55.8 Å². The van der Waals surface area contributed by atoms with Crippen LogP contribution in [0.5, 0.6) is 17.2 Å². The predicted octanol–water partition coefficient (Wildman–Crippen LogP) is 2.87. The number of phenols is 1. The third kappa shape index (κ3) is 2.22. The molecule has 1 N–H and O–H groups in total. The van der Waals surface area contributed by atoms with Gasteiger partial charge in [0.1, 0.15) is 5.75 Å². The lowest BCUT2D eigenvalue weighted by molar-refractivity contribution is -0.131. The molecule has 18 heavy (non-hydrogen) atoms. The molecule has 0 aliphatic rings. The average Bonchev–Trinajstić information content (AvgIpc) is 2.34. The van der Waals surface area contributed by atoms with Crippen molar-refractivity contribution >= 4 is 16.7 Å². The van der Waals surface area contributed by atoms with Gasteiger partial charge in [-0.25, -0.2) is 0 Å². The minimum Gasteiger partial charge on any atom is -0.507 e. The zero-order valence-electron chi connectivity index (χ0n) is 10.3. The van der Waals surface area contributed by atoms with E-state index in [0.29, 0.717) is 28.9 Å². The number of phenolic OH excluding ortho intramolecular Hbond substituents is 1. The van der Waals surface area contributed by atoms with E-state index < -0.39 is 5.97 Å². The maximum Gasteiger partial charge on any atom is 0.308 e. The minimum absolute atomic E-state index is 0.102. The van der Waals surface area contributed by atoms with Crippen molar-refractivity contribution in [2.45, 2.75) is 13.8 Å². The summed E-state index contributed by atoms with van der Waals surface area (Å²) in [6.07, 6.45) is 0. The Morgan fingerprint density at radius 1 is 1.28 bits per heavy atom. The fourth-order valence-corrected chi connectivity index (χ4v) is 1.82. The van der Waals surface area contributed by atoms with Crippen LogP contribution in [0.15, 0.2) is 30.3 Å². The Bertz CT molecular complexity index is 590. The maximum absolute atomic E-state index is 11.2. The van der Waals surface area contributed by atoms with Crippen molar-refractivity contribution in [1.82, 2.24) is 0 Å². The molecule has 4 nitrogen and oxygen atoms in total. The molecule has 0 aliphatic heterocycles. The summed E-state index contributed by atoms with van der Waals surface area (Å²) < 4.78 is 10.6. The molecule has 2 aromatic carbocycles. The number of hydrogen-bond acceptors (Lipinski definition) is 4. The highest BCUT2D eigenvalue weighted by molar-refractivity contribution is 5.96. The molecule has 0 radical (unpaired) electrons. The molecule has 0 spiro atoms. The second kappa shape index (κ2) is 4.96. The largest absolute Gasteiger partial charge is 0.507 e. The number of aromatic hydroxyl groups is 1. The first-order chi connectivity index (χ1) is 8.63. The predicted molar refractivity (Wildman–Crippen MR) is 68.1 cm³/mol. The highest BCUT2D eigenvalue weighted by Crippen LogP contribution is 2.41. The molecule has 0 unspecified atom stereocenters. The minimum atomic E-state index is -0.424. The van der Waals surface area contributed by atoms with Gasteiger partial charge in [-0.3, -0.25) is 4.79 Å². The van der Waals surface area contributed by atoms with Crippen LogP contribution in [0.1, 0.15) is 13.8 Å². The Hall–Kier alpha value is -2.23. The summed E-state index contributed by atoms with van der Waals surface area (Å²) >= 11 is 0. The van der Waals surface area contributed by atoms with Crippen LogP contribution in [0.25, 0.3) is 10.8 Å². The number of esters is 1. The van der Waals surface area contributed by atoms with Gasteiger partial charge in [0, 0.05) is 23.8 Å². The number of carbonyl (C=O) groups is 1. The smallest absolute Gasteiger partial charge is 0.308 e. The fraction of sp³-hybridized carbons (Fsp3) is 0.214. The van der Waals surface area contributed by atoms with E-state index in [0.717, 1.165) is 0 Å². The fourth-order valence-electron chi connectivity index (χ4n) is 1.82. The van der Waals surface area contributed by atoms with E-state index in [2.05, 4.69) is 0 Å². The van der Waals surface area contributed by atoms with Crippen LogP contribution in [0.2, 0.25) is 0 Å². The first-order valence-corrected chi connectivity index (χ1v) is 5.69. The van der Waals surface area contributed by atoms with Gasteiger partial charge in [0.2, 0.25) is 0 Å². The molecule has 2 rings (SSSR count). The Labute approximate surface area is 105 Å². The average molecular weight is 246 g/mol. The monoisotopic (exact) mass is 246 g/mol. The van der Waals surface area contributed by atoms with E-state index in [1.165, 1.54) is 13.0 Å². The van der Waals surface area contributed by atoms with Gasteiger partial charge in [-0.2, -0.15) is 0 Å². The van der Waals surface area contributed by atoms with E-state index in [-0.39, 0.29) is 5.75 Å². The molecule has 0 aromatic heterocycles. The van der Waals surface area contributed by atoms with Crippen LogP contribution in [0.3, 0.4) is 0 Å². The summed E-state index contributed by atoms with van der Waals surface area (Å²) in [5.74, 6) is 0.387. The van der Waals surface area contributed by atoms with Crippen molar-refractivity contribution in [1.29, 1.82) is 0 Å². The van der Waals surface area contributed by atoms with E-state index in [1.807, 2.05) is 13.0 Å². The number of ether oxygens (including phenoxy) is 2. The van der Waals surface area contributed by atoms with Gasteiger partial charge in [0.15, 0.2) is 11.5 Å². The van der Waals surface area contributed by atoms with Gasteiger partial charge in [0.05, 0.1) is 6.61 Å².